The molecule has 0 saturated heterocycles. The van der Waals surface area contributed by atoms with E-state index in [0.717, 1.165) is 4.88 Å². The Bertz CT molecular complexity index is 566. The monoisotopic (exact) mass is 247 g/mol. The van der Waals surface area contributed by atoms with Crippen LogP contribution in [0.25, 0.3) is 10.6 Å². The molecular weight excluding hydrogens is 238 g/mol. The van der Waals surface area contributed by atoms with Gasteiger partial charge in [0.2, 0.25) is 0 Å². The minimum atomic E-state index is -1.00. The number of thiophene rings is 1. The fourth-order valence-electron chi connectivity index (χ4n) is 1.45. The summed E-state index contributed by atoms with van der Waals surface area (Å²) in [7, 11) is 0. The Hall–Kier alpha value is -2.13. The van der Waals surface area contributed by atoms with Gasteiger partial charge in [0.15, 0.2) is 0 Å². The van der Waals surface area contributed by atoms with E-state index in [4.69, 9.17) is 10.4 Å². The highest BCUT2D eigenvalue weighted by Gasteiger charge is 2.17. The van der Waals surface area contributed by atoms with Gasteiger partial charge in [-0.3, -0.25) is 4.68 Å². The highest BCUT2D eigenvalue weighted by atomic mass is 32.1. The number of carboxylic acid groups (broad SMARTS) is 1. The van der Waals surface area contributed by atoms with Crippen LogP contribution >= 0.6 is 11.3 Å². The van der Waals surface area contributed by atoms with Crippen molar-refractivity contribution in [1.82, 2.24) is 9.78 Å². The Morgan fingerprint density at radius 2 is 2.47 bits per heavy atom. The topological polar surface area (TPSA) is 78.9 Å². The number of rotatable bonds is 4. The minimum Gasteiger partial charge on any atom is -0.478 e. The van der Waals surface area contributed by atoms with Crippen LogP contribution in [0.5, 0.6) is 0 Å². The van der Waals surface area contributed by atoms with Gasteiger partial charge in [0, 0.05) is 6.20 Å². The van der Waals surface area contributed by atoms with Gasteiger partial charge in [-0.1, -0.05) is 6.07 Å². The van der Waals surface area contributed by atoms with E-state index in [1.807, 2.05) is 23.6 Å². The molecule has 5 nitrogen and oxygen atoms in total. The highest BCUT2D eigenvalue weighted by Crippen LogP contribution is 2.26. The van der Waals surface area contributed by atoms with E-state index in [1.165, 1.54) is 22.2 Å². The lowest BCUT2D eigenvalue weighted by atomic mass is 10.2. The van der Waals surface area contributed by atoms with Crippen molar-refractivity contribution in [2.24, 2.45) is 0 Å². The molecule has 86 valence electrons. The summed E-state index contributed by atoms with van der Waals surface area (Å²) < 4.78 is 1.50. The van der Waals surface area contributed by atoms with E-state index in [2.05, 4.69) is 5.10 Å². The van der Waals surface area contributed by atoms with Crippen molar-refractivity contribution in [2.75, 3.05) is 0 Å². The maximum absolute atomic E-state index is 11.1. The van der Waals surface area contributed by atoms with E-state index < -0.39 is 5.97 Å². The Kier molecular flexibility index (Phi) is 3.21. The lowest BCUT2D eigenvalue weighted by molar-refractivity contribution is 0.0697. The molecule has 2 heterocycles. The molecule has 2 aromatic heterocycles. The number of hydrogen-bond donors (Lipinski definition) is 1. The zero-order chi connectivity index (χ0) is 12.3. The zero-order valence-electron chi connectivity index (χ0n) is 8.83. The van der Waals surface area contributed by atoms with Crippen LogP contribution in [0.3, 0.4) is 0 Å². The SMILES string of the molecule is N#CCCn1cc(C(=O)O)c(-c2cccs2)n1. The largest absolute Gasteiger partial charge is 0.478 e. The summed E-state index contributed by atoms with van der Waals surface area (Å²) in [4.78, 5) is 11.9. The molecule has 1 N–H and O–H groups in total. The van der Waals surface area contributed by atoms with E-state index >= 15 is 0 Å². The van der Waals surface area contributed by atoms with Crippen LogP contribution in [0.4, 0.5) is 0 Å². The quantitative estimate of drug-likeness (QED) is 0.898. The number of nitrogens with zero attached hydrogens (tertiary/aromatic N) is 3. The summed E-state index contributed by atoms with van der Waals surface area (Å²) in [5.41, 5.74) is 0.635. The molecule has 0 atom stereocenters. The maximum atomic E-state index is 11.1. The molecule has 6 heteroatoms. The maximum Gasteiger partial charge on any atom is 0.339 e. The highest BCUT2D eigenvalue weighted by molar-refractivity contribution is 7.13. The lowest BCUT2D eigenvalue weighted by Gasteiger charge is -1.94. The first-order chi connectivity index (χ1) is 8.22. The van der Waals surface area contributed by atoms with E-state index in [-0.39, 0.29) is 5.56 Å². The molecular formula is C11H9N3O2S. The van der Waals surface area contributed by atoms with Crippen LogP contribution in [-0.4, -0.2) is 20.9 Å². The smallest absolute Gasteiger partial charge is 0.339 e. The molecule has 0 aliphatic rings. The number of aromatic nitrogens is 2. The fraction of sp³-hybridized carbons (Fsp3) is 0.182. The first-order valence-corrected chi connectivity index (χ1v) is 5.82. The molecule has 0 aliphatic heterocycles. The van der Waals surface area contributed by atoms with Gasteiger partial charge in [-0.15, -0.1) is 11.3 Å². The molecule has 2 rings (SSSR count). The summed E-state index contributed by atoms with van der Waals surface area (Å²) in [6.07, 6.45) is 1.78. The third-order valence-electron chi connectivity index (χ3n) is 2.20. The number of carbonyl (C=O) groups is 1. The second-order valence-electron chi connectivity index (χ2n) is 3.35. The van der Waals surface area contributed by atoms with Crippen molar-refractivity contribution in [3.8, 4) is 16.6 Å². The van der Waals surface area contributed by atoms with E-state index in [9.17, 15) is 4.79 Å². The molecule has 17 heavy (non-hydrogen) atoms. The molecule has 0 bridgehead atoms. The molecule has 0 radical (unpaired) electrons. The molecule has 0 unspecified atom stereocenters. The summed E-state index contributed by atoms with van der Waals surface area (Å²) in [5, 5.41) is 23.7. The zero-order valence-corrected chi connectivity index (χ0v) is 9.65. The van der Waals surface area contributed by atoms with Gasteiger partial charge in [-0.05, 0) is 11.4 Å². The van der Waals surface area contributed by atoms with Gasteiger partial charge in [0.1, 0.15) is 11.3 Å². The van der Waals surface area contributed by atoms with Crippen LogP contribution in [0.15, 0.2) is 23.7 Å². The fourth-order valence-corrected chi connectivity index (χ4v) is 2.18. The normalized spacial score (nSPS) is 10.1. The van der Waals surface area contributed by atoms with Gasteiger partial charge < -0.3 is 5.11 Å². The summed E-state index contributed by atoms with van der Waals surface area (Å²) in [6, 6.07) is 5.68. The van der Waals surface area contributed by atoms with Gasteiger partial charge in [-0.25, -0.2) is 4.79 Å². The summed E-state index contributed by atoms with van der Waals surface area (Å²) in [5.74, 6) is -1.00. The molecule has 0 aromatic carbocycles. The summed E-state index contributed by atoms with van der Waals surface area (Å²) in [6.45, 7) is 0.405. The van der Waals surface area contributed by atoms with Gasteiger partial charge in [0.05, 0.1) is 23.9 Å². The van der Waals surface area contributed by atoms with Crippen molar-refractivity contribution in [1.29, 1.82) is 5.26 Å². The number of aromatic carboxylic acids is 1. The first-order valence-electron chi connectivity index (χ1n) is 4.94. The van der Waals surface area contributed by atoms with Crippen molar-refractivity contribution < 1.29 is 9.90 Å². The van der Waals surface area contributed by atoms with Crippen LogP contribution in [0.2, 0.25) is 0 Å². The molecule has 0 saturated carbocycles. The van der Waals surface area contributed by atoms with Gasteiger partial charge in [0.25, 0.3) is 0 Å². The Labute approximate surface area is 102 Å². The van der Waals surface area contributed by atoms with Crippen LogP contribution in [0, 0.1) is 11.3 Å². The number of carboxylic acids is 1. The van der Waals surface area contributed by atoms with Crippen molar-refractivity contribution in [3.05, 3.63) is 29.3 Å². The van der Waals surface area contributed by atoms with Crippen LogP contribution in [0.1, 0.15) is 16.8 Å². The van der Waals surface area contributed by atoms with Crippen LogP contribution < -0.4 is 0 Å². The Morgan fingerprint density at radius 3 is 3.06 bits per heavy atom. The molecule has 0 amide bonds. The number of aryl methyl sites for hydroxylation is 1. The third kappa shape index (κ3) is 2.34. The third-order valence-corrected chi connectivity index (χ3v) is 3.08. The average molecular weight is 247 g/mol. The Balaban J connectivity index is 2.40. The first kappa shape index (κ1) is 11.4. The van der Waals surface area contributed by atoms with E-state index in [0.29, 0.717) is 18.7 Å². The molecule has 0 fully saturated rings. The Morgan fingerprint density at radius 1 is 1.65 bits per heavy atom. The minimum absolute atomic E-state index is 0.172. The lowest BCUT2D eigenvalue weighted by Crippen LogP contribution is -1.97. The predicted molar refractivity (Wildman–Crippen MR) is 62.7 cm³/mol. The predicted octanol–water partition coefficient (Wildman–Crippen LogP) is 2.22. The number of nitriles is 1. The second-order valence-corrected chi connectivity index (χ2v) is 4.29. The van der Waals surface area contributed by atoms with E-state index in [1.54, 1.807) is 0 Å². The van der Waals surface area contributed by atoms with Crippen molar-refractivity contribution in [2.45, 2.75) is 13.0 Å². The van der Waals surface area contributed by atoms with Crippen molar-refractivity contribution in [3.63, 3.8) is 0 Å². The van der Waals surface area contributed by atoms with Gasteiger partial charge >= 0.3 is 5.97 Å². The second kappa shape index (κ2) is 4.80. The molecule has 2 aromatic rings. The number of hydrogen-bond acceptors (Lipinski definition) is 4. The molecule has 0 spiro atoms. The van der Waals surface area contributed by atoms with Crippen LogP contribution in [-0.2, 0) is 6.54 Å². The standard InChI is InChI=1S/C11H9N3O2S/c12-4-2-5-14-7-8(11(15)16)10(13-14)9-3-1-6-17-9/h1,3,6-7H,2,5H2,(H,15,16). The van der Waals surface area contributed by atoms with Crippen molar-refractivity contribution >= 4 is 17.3 Å². The summed E-state index contributed by atoms with van der Waals surface area (Å²) >= 11 is 1.44. The molecule has 0 aliphatic carbocycles. The van der Waals surface area contributed by atoms with Gasteiger partial charge in [-0.2, -0.15) is 10.4 Å². The average Bonchev–Trinajstić information content (AvgIpc) is 2.94.